The summed E-state index contributed by atoms with van der Waals surface area (Å²) >= 11 is 3.41. The van der Waals surface area contributed by atoms with E-state index in [0.29, 0.717) is 29.6 Å². The van der Waals surface area contributed by atoms with Crippen molar-refractivity contribution in [3.05, 3.63) is 82.6 Å². The Morgan fingerprint density at radius 2 is 1.83 bits per heavy atom. The molecule has 3 aromatic rings. The Labute approximate surface area is 183 Å². The summed E-state index contributed by atoms with van der Waals surface area (Å²) < 4.78 is 11.5. The largest absolute Gasteiger partial charge is 0.493 e. The van der Waals surface area contributed by atoms with Crippen molar-refractivity contribution in [2.75, 3.05) is 19.5 Å². The van der Waals surface area contributed by atoms with Gasteiger partial charge in [0.15, 0.2) is 11.5 Å². The van der Waals surface area contributed by atoms with Crippen molar-refractivity contribution in [3.8, 4) is 11.5 Å². The van der Waals surface area contributed by atoms with E-state index in [1.165, 1.54) is 7.11 Å². The number of methoxy groups -OCH3 is 2. The minimum atomic E-state index is -0.328. The minimum Gasteiger partial charge on any atom is -0.493 e. The molecule has 3 rings (SSSR count). The van der Waals surface area contributed by atoms with Crippen LogP contribution in [0, 0.1) is 0 Å². The molecule has 0 aliphatic carbocycles. The van der Waals surface area contributed by atoms with E-state index in [1.807, 2.05) is 36.4 Å². The molecular weight excluding hydrogens is 448 g/mol. The van der Waals surface area contributed by atoms with Crippen LogP contribution in [0.25, 0.3) is 0 Å². The number of ether oxygens (including phenoxy) is 2. The lowest BCUT2D eigenvalue weighted by molar-refractivity contribution is 0.0976. The molecule has 2 N–H and O–H groups in total. The number of hydrogen-bond acceptors (Lipinski definition) is 5. The van der Waals surface area contributed by atoms with Crippen molar-refractivity contribution in [1.29, 1.82) is 0 Å². The Morgan fingerprint density at radius 3 is 2.50 bits per heavy atom. The number of anilines is 1. The lowest BCUT2D eigenvalue weighted by Crippen LogP contribution is -2.36. The maximum atomic E-state index is 12.8. The van der Waals surface area contributed by atoms with Gasteiger partial charge in [0.1, 0.15) is 0 Å². The second-order valence-corrected chi connectivity index (χ2v) is 7.10. The number of aromatic nitrogens is 1. The van der Waals surface area contributed by atoms with Crippen molar-refractivity contribution in [2.45, 2.75) is 6.54 Å². The van der Waals surface area contributed by atoms with Gasteiger partial charge >= 0.3 is 0 Å². The normalized spacial score (nSPS) is 11.0. The van der Waals surface area contributed by atoms with Gasteiger partial charge in [0.05, 0.1) is 20.8 Å². The Bertz CT molecular complexity index is 1020. The zero-order valence-corrected chi connectivity index (χ0v) is 18.1. The Hall–Kier alpha value is -3.39. The highest BCUT2D eigenvalue weighted by atomic mass is 79.9. The first kappa shape index (κ1) is 21.3. The molecule has 0 fully saturated rings. The van der Waals surface area contributed by atoms with E-state index in [2.05, 4.69) is 36.5 Å². The number of aliphatic imine (C=N–C) groups is 1. The molecule has 0 saturated heterocycles. The number of nitrogens with one attached hydrogen (secondary N) is 2. The second-order valence-electron chi connectivity index (χ2n) is 6.18. The average Bonchev–Trinajstić information content (AvgIpc) is 2.79. The summed E-state index contributed by atoms with van der Waals surface area (Å²) in [6.45, 7) is 0.360. The Balaban J connectivity index is 1.81. The van der Waals surface area contributed by atoms with Gasteiger partial charge in [-0.1, -0.05) is 22.0 Å². The van der Waals surface area contributed by atoms with E-state index in [4.69, 9.17) is 9.47 Å². The van der Waals surface area contributed by atoms with E-state index in [0.717, 1.165) is 15.7 Å². The predicted octanol–water partition coefficient (Wildman–Crippen LogP) is 4.26. The third-order valence-corrected chi connectivity index (χ3v) is 4.66. The van der Waals surface area contributed by atoms with Crippen LogP contribution < -0.4 is 20.1 Å². The third kappa shape index (κ3) is 5.81. The summed E-state index contributed by atoms with van der Waals surface area (Å²) in [5.74, 6) is 1.01. The van der Waals surface area contributed by atoms with E-state index in [9.17, 15) is 4.79 Å². The second kappa shape index (κ2) is 10.4. The smallest absolute Gasteiger partial charge is 0.258 e. The van der Waals surface area contributed by atoms with Gasteiger partial charge in [-0.25, -0.2) is 4.99 Å². The molecule has 154 valence electrons. The summed E-state index contributed by atoms with van der Waals surface area (Å²) in [7, 11) is 3.07. The van der Waals surface area contributed by atoms with Crippen LogP contribution >= 0.6 is 15.9 Å². The fourth-order valence-electron chi connectivity index (χ4n) is 2.60. The quantitative estimate of drug-likeness (QED) is 0.417. The molecule has 0 bridgehead atoms. The number of guanidine groups is 1. The molecule has 0 unspecified atom stereocenters. The number of carbonyl (C=O) groups is 1. The van der Waals surface area contributed by atoms with Gasteiger partial charge in [-0.05, 0) is 54.1 Å². The number of carbonyl (C=O) groups excluding carboxylic acids is 1. The Kier molecular flexibility index (Phi) is 7.40. The van der Waals surface area contributed by atoms with Gasteiger partial charge in [-0.15, -0.1) is 0 Å². The van der Waals surface area contributed by atoms with E-state index in [-0.39, 0.29) is 5.91 Å². The van der Waals surface area contributed by atoms with Crippen LogP contribution in [-0.4, -0.2) is 31.1 Å². The average molecular weight is 469 g/mol. The van der Waals surface area contributed by atoms with Crippen LogP contribution in [-0.2, 0) is 6.54 Å². The lowest BCUT2D eigenvalue weighted by atomic mass is 10.2. The molecule has 2 aromatic carbocycles. The molecule has 8 heteroatoms. The van der Waals surface area contributed by atoms with Gasteiger partial charge in [0.25, 0.3) is 5.91 Å². The highest BCUT2D eigenvalue weighted by molar-refractivity contribution is 9.10. The first-order valence-corrected chi connectivity index (χ1v) is 9.87. The molecule has 0 saturated carbocycles. The topological polar surface area (TPSA) is 84.8 Å². The van der Waals surface area contributed by atoms with Gasteiger partial charge in [0.2, 0.25) is 5.96 Å². The van der Waals surface area contributed by atoms with Gasteiger partial charge in [0, 0.05) is 28.1 Å². The molecular formula is C22H21BrN4O3. The van der Waals surface area contributed by atoms with Crippen LogP contribution in [0.3, 0.4) is 0 Å². The minimum absolute atomic E-state index is 0.320. The van der Waals surface area contributed by atoms with Gasteiger partial charge in [-0.2, -0.15) is 0 Å². The maximum Gasteiger partial charge on any atom is 0.258 e. The third-order valence-electron chi connectivity index (χ3n) is 4.13. The first-order chi connectivity index (χ1) is 14.6. The van der Waals surface area contributed by atoms with Crippen LogP contribution in [0.4, 0.5) is 5.69 Å². The number of rotatable bonds is 6. The number of pyridine rings is 1. The zero-order valence-electron chi connectivity index (χ0n) is 16.6. The van der Waals surface area contributed by atoms with Crippen molar-refractivity contribution in [2.24, 2.45) is 4.99 Å². The first-order valence-electron chi connectivity index (χ1n) is 9.08. The molecule has 1 amide bonds. The number of hydrogen-bond donors (Lipinski definition) is 2. The fraction of sp³-hybridized carbons (Fsp3) is 0.136. The number of nitrogens with zero attached hydrogens (tertiary/aromatic N) is 2. The lowest BCUT2D eigenvalue weighted by Gasteiger charge is -2.13. The molecule has 0 atom stereocenters. The number of halogens is 1. The Morgan fingerprint density at radius 1 is 1.07 bits per heavy atom. The van der Waals surface area contributed by atoms with Crippen molar-refractivity contribution in [1.82, 2.24) is 10.3 Å². The van der Waals surface area contributed by atoms with Crippen LogP contribution in [0.1, 0.15) is 15.9 Å². The molecule has 0 aliphatic heterocycles. The van der Waals surface area contributed by atoms with Crippen molar-refractivity contribution in [3.63, 3.8) is 0 Å². The van der Waals surface area contributed by atoms with Crippen molar-refractivity contribution < 1.29 is 14.3 Å². The van der Waals surface area contributed by atoms with Gasteiger partial charge < -0.3 is 14.8 Å². The molecule has 1 aromatic heterocycles. The molecule has 0 spiro atoms. The summed E-state index contributed by atoms with van der Waals surface area (Å²) in [6, 6.07) is 16.3. The summed E-state index contributed by atoms with van der Waals surface area (Å²) in [5.41, 5.74) is 2.13. The molecule has 0 radical (unpaired) electrons. The zero-order chi connectivity index (χ0) is 21.3. The summed E-state index contributed by atoms with van der Waals surface area (Å²) in [4.78, 5) is 21.4. The monoisotopic (exact) mass is 468 g/mol. The fourth-order valence-corrected chi connectivity index (χ4v) is 2.86. The van der Waals surface area contributed by atoms with Crippen molar-refractivity contribution >= 4 is 33.5 Å². The van der Waals surface area contributed by atoms with Crippen LogP contribution in [0.15, 0.2) is 76.5 Å². The predicted molar refractivity (Wildman–Crippen MR) is 120 cm³/mol. The maximum absolute atomic E-state index is 12.8. The molecule has 7 nitrogen and oxygen atoms in total. The molecule has 30 heavy (non-hydrogen) atoms. The number of benzene rings is 2. The summed E-state index contributed by atoms with van der Waals surface area (Å²) in [6.07, 6.45) is 3.43. The molecule has 1 heterocycles. The van der Waals surface area contributed by atoms with Gasteiger partial charge in [-0.3, -0.25) is 15.1 Å². The SMILES string of the molecule is COc1ccc(C(=O)NC(=NCc2cccnc2)Nc2ccc(Br)cc2)cc1OC. The van der Waals surface area contributed by atoms with E-state index >= 15 is 0 Å². The highest BCUT2D eigenvalue weighted by Gasteiger charge is 2.13. The highest BCUT2D eigenvalue weighted by Crippen LogP contribution is 2.27. The standard InChI is InChI=1S/C22H21BrN4O3/c1-29-19-10-5-16(12-20(19)30-2)21(28)27-22(25-14-15-4-3-11-24-13-15)26-18-8-6-17(23)7-9-18/h3-13H,14H2,1-2H3,(H2,25,26,27,28). The van der Waals surface area contributed by atoms with E-state index < -0.39 is 0 Å². The van der Waals surface area contributed by atoms with E-state index in [1.54, 1.807) is 37.7 Å². The van der Waals surface area contributed by atoms with Crippen LogP contribution in [0.5, 0.6) is 11.5 Å². The summed E-state index contributed by atoms with van der Waals surface area (Å²) in [5, 5.41) is 5.98. The molecule has 0 aliphatic rings. The van der Waals surface area contributed by atoms with Crippen LogP contribution in [0.2, 0.25) is 0 Å². The number of amides is 1.